The molecule has 2 amide bonds. The Kier molecular flexibility index (Phi) is 7.13. The number of carbonyl (C=O) groups excluding carboxylic acids is 2. The summed E-state index contributed by atoms with van der Waals surface area (Å²) in [7, 11) is 0. The Bertz CT molecular complexity index is 1230. The van der Waals surface area contributed by atoms with E-state index in [2.05, 4.69) is 39.4 Å². The smallest absolute Gasteiger partial charge is 0.261 e. The topological polar surface area (TPSA) is 87.2 Å². The van der Waals surface area contributed by atoms with Crippen molar-refractivity contribution in [3.8, 4) is 11.8 Å². The standard InChI is InChI=1S/C26H24FN5O2/c1-2-15-28-23-18(17-29-26(31-23)30-20-13-11-19(27)12-14-20)8-4-3-7-16-32-24(33)21-9-5-6-10-22(21)25(32)34/h5-6,9-14,17H,2-3,7,15-16H2,1H3,(H2,28,29,30,31). The van der Waals surface area contributed by atoms with Gasteiger partial charge in [0.05, 0.1) is 22.9 Å². The van der Waals surface area contributed by atoms with E-state index in [1.54, 1.807) is 42.6 Å². The van der Waals surface area contributed by atoms with Gasteiger partial charge in [0.1, 0.15) is 11.6 Å². The van der Waals surface area contributed by atoms with Crippen LogP contribution in [0.2, 0.25) is 0 Å². The van der Waals surface area contributed by atoms with Crippen molar-refractivity contribution in [3.05, 3.63) is 77.2 Å². The number of benzene rings is 2. The summed E-state index contributed by atoms with van der Waals surface area (Å²) in [6, 6.07) is 12.8. The highest BCUT2D eigenvalue weighted by atomic mass is 19.1. The second-order valence-corrected chi connectivity index (χ2v) is 7.73. The van der Waals surface area contributed by atoms with E-state index in [-0.39, 0.29) is 17.6 Å². The number of imide groups is 1. The van der Waals surface area contributed by atoms with Gasteiger partial charge in [0.2, 0.25) is 5.95 Å². The maximum atomic E-state index is 13.1. The number of halogens is 1. The monoisotopic (exact) mass is 457 g/mol. The molecule has 0 atom stereocenters. The summed E-state index contributed by atoms with van der Waals surface area (Å²) < 4.78 is 13.1. The van der Waals surface area contributed by atoms with Crippen molar-refractivity contribution < 1.29 is 14.0 Å². The predicted molar refractivity (Wildman–Crippen MR) is 128 cm³/mol. The fourth-order valence-electron chi connectivity index (χ4n) is 3.50. The van der Waals surface area contributed by atoms with Crippen LogP contribution in [0.1, 0.15) is 52.5 Å². The fraction of sp³-hybridized carbons (Fsp3) is 0.231. The summed E-state index contributed by atoms with van der Waals surface area (Å²) in [6.07, 6.45) is 3.63. The average molecular weight is 458 g/mol. The zero-order chi connectivity index (χ0) is 23.9. The van der Waals surface area contributed by atoms with Crippen LogP contribution in [0.25, 0.3) is 0 Å². The van der Waals surface area contributed by atoms with Gasteiger partial charge in [-0.3, -0.25) is 14.5 Å². The molecule has 2 heterocycles. The van der Waals surface area contributed by atoms with Crippen LogP contribution in [0.15, 0.2) is 54.7 Å². The van der Waals surface area contributed by atoms with Gasteiger partial charge in [-0.25, -0.2) is 9.37 Å². The first-order valence-electron chi connectivity index (χ1n) is 11.1. The maximum absolute atomic E-state index is 13.1. The van der Waals surface area contributed by atoms with Crippen LogP contribution in [-0.2, 0) is 0 Å². The molecule has 34 heavy (non-hydrogen) atoms. The fourth-order valence-corrected chi connectivity index (χ4v) is 3.50. The zero-order valence-corrected chi connectivity index (χ0v) is 18.8. The second kappa shape index (κ2) is 10.6. The van der Waals surface area contributed by atoms with E-state index in [0.717, 1.165) is 13.0 Å². The highest BCUT2D eigenvalue weighted by molar-refractivity contribution is 6.21. The molecule has 1 aromatic heterocycles. The first-order valence-corrected chi connectivity index (χ1v) is 11.1. The molecular formula is C26H24FN5O2. The van der Waals surface area contributed by atoms with Crippen LogP contribution < -0.4 is 10.6 Å². The Morgan fingerprint density at radius 3 is 2.41 bits per heavy atom. The number of unbranched alkanes of at least 4 members (excludes halogenated alkanes) is 1. The molecule has 2 N–H and O–H groups in total. The molecule has 0 saturated carbocycles. The van der Waals surface area contributed by atoms with Crippen molar-refractivity contribution >= 4 is 29.3 Å². The van der Waals surface area contributed by atoms with Gasteiger partial charge in [-0.05, 0) is 49.2 Å². The Hall–Kier alpha value is -4.25. The molecular weight excluding hydrogens is 433 g/mol. The van der Waals surface area contributed by atoms with E-state index in [4.69, 9.17) is 0 Å². The predicted octanol–water partition coefficient (Wildman–Crippen LogP) is 4.61. The average Bonchev–Trinajstić information content (AvgIpc) is 3.09. The molecule has 0 unspecified atom stereocenters. The normalized spacial score (nSPS) is 12.2. The molecule has 0 saturated heterocycles. The lowest BCUT2D eigenvalue weighted by Crippen LogP contribution is -2.30. The molecule has 1 aliphatic rings. The lowest BCUT2D eigenvalue weighted by molar-refractivity contribution is 0.0653. The maximum Gasteiger partial charge on any atom is 0.261 e. The molecule has 8 heteroatoms. The summed E-state index contributed by atoms with van der Waals surface area (Å²) in [5.41, 5.74) is 2.24. The van der Waals surface area contributed by atoms with E-state index in [1.165, 1.54) is 17.0 Å². The minimum Gasteiger partial charge on any atom is -0.369 e. The number of anilines is 3. The minimum atomic E-state index is -0.314. The highest BCUT2D eigenvalue weighted by Crippen LogP contribution is 2.22. The quantitative estimate of drug-likeness (QED) is 0.292. The molecule has 0 aliphatic carbocycles. The van der Waals surface area contributed by atoms with Gasteiger partial charge in [-0.1, -0.05) is 30.9 Å². The van der Waals surface area contributed by atoms with Gasteiger partial charge in [-0.2, -0.15) is 4.98 Å². The van der Waals surface area contributed by atoms with Crippen molar-refractivity contribution in [2.45, 2.75) is 26.2 Å². The van der Waals surface area contributed by atoms with Gasteiger partial charge in [0, 0.05) is 25.2 Å². The van der Waals surface area contributed by atoms with Crippen LogP contribution in [0.3, 0.4) is 0 Å². The second-order valence-electron chi connectivity index (χ2n) is 7.73. The van der Waals surface area contributed by atoms with Crippen molar-refractivity contribution in [2.24, 2.45) is 0 Å². The molecule has 1 aliphatic heterocycles. The molecule has 172 valence electrons. The molecule has 0 bridgehead atoms. The van der Waals surface area contributed by atoms with Gasteiger partial charge < -0.3 is 10.6 Å². The molecule has 4 rings (SSSR count). The van der Waals surface area contributed by atoms with Crippen LogP contribution in [0.5, 0.6) is 0 Å². The summed E-state index contributed by atoms with van der Waals surface area (Å²) >= 11 is 0. The van der Waals surface area contributed by atoms with Gasteiger partial charge in [-0.15, -0.1) is 0 Å². The van der Waals surface area contributed by atoms with E-state index in [9.17, 15) is 14.0 Å². The van der Waals surface area contributed by atoms with Crippen molar-refractivity contribution in [2.75, 3.05) is 23.7 Å². The number of hydrogen-bond donors (Lipinski definition) is 2. The molecule has 0 fully saturated rings. The number of nitrogens with zero attached hydrogens (tertiary/aromatic N) is 3. The van der Waals surface area contributed by atoms with E-state index >= 15 is 0 Å². The third kappa shape index (κ3) is 5.21. The third-order valence-electron chi connectivity index (χ3n) is 5.22. The van der Waals surface area contributed by atoms with Crippen molar-refractivity contribution in [1.82, 2.24) is 14.9 Å². The van der Waals surface area contributed by atoms with Crippen LogP contribution in [-0.4, -0.2) is 39.8 Å². The van der Waals surface area contributed by atoms with E-state index in [0.29, 0.717) is 53.5 Å². The van der Waals surface area contributed by atoms with Crippen LogP contribution >= 0.6 is 0 Å². The summed E-state index contributed by atoms with van der Waals surface area (Å²) in [6.45, 7) is 3.09. The van der Waals surface area contributed by atoms with Crippen LogP contribution in [0, 0.1) is 17.7 Å². The van der Waals surface area contributed by atoms with E-state index in [1.807, 2.05) is 0 Å². The van der Waals surface area contributed by atoms with E-state index < -0.39 is 0 Å². The number of hydrogen-bond acceptors (Lipinski definition) is 6. The molecule has 0 spiro atoms. The molecule has 3 aromatic rings. The number of fused-ring (bicyclic) bond motifs is 1. The number of nitrogens with one attached hydrogen (secondary N) is 2. The van der Waals surface area contributed by atoms with Crippen LogP contribution in [0.4, 0.5) is 21.8 Å². The minimum absolute atomic E-state index is 0.253. The number of aromatic nitrogens is 2. The largest absolute Gasteiger partial charge is 0.369 e. The summed E-state index contributed by atoms with van der Waals surface area (Å²) in [5.74, 6) is 6.33. The lowest BCUT2D eigenvalue weighted by atomic mass is 10.1. The van der Waals surface area contributed by atoms with Gasteiger partial charge in [0.15, 0.2) is 0 Å². The van der Waals surface area contributed by atoms with Gasteiger partial charge >= 0.3 is 0 Å². The van der Waals surface area contributed by atoms with Crippen molar-refractivity contribution in [1.29, 1.82) is 0 Å². The Morgan fingerprint density at radius 2 is 1.74 bits per heavy atom. The molecule has 0 radical (unpaired) electrons. The summed E-state index contributed by atoms with van der Waals surface area (Å²) in [5, 5.41) is 6.31. The number of carbonyl (C=O) groups is 2. The number of rotatable bonds is 8. The lowest BCUT2D eigenvalue weighted by Gasteiger charge is -2.12. The summed E-state index contributed by atoms with van der Waals surface area (Å²) in [4.78, 5) is 35.0. The van der Waals surface area contributed by atoms with Crippen molar-refractivity contribution in [3.63, 3.8) is 0 Å². The number of amides is 2. The zero-order valence-electron chi connectivity index (χ0n) is 18.8. The SMILES string of the molecule is CCCNc1nc(Nc2ccc(F)cc2)ncc1C#CCCCN1C(=O)c2ccccc2C1=O. The molecule has 7 nitrogen and oxygen atoms in total. The molecule has 2 aromatic carbocycles. The third-order valence-corrected chi connectivity index (χ3v) is 5.22. The first kappa shape index (κ1) is 22.9. The first-order chi connectivity index (χ1) is 16.6. The Balaban J connectivity index is 1.38. The Morgan fingerprint density at radius 1 is 1.03 bits per heavy atom. The van der Waals surface area contributed by atoms with Gasteiger partial charge in [0.25, 0.3) is 11.8 Å². The highest BCUT2D eigenvalue weighted by Gasteiger charge is 2.34. The Labute approximate surface area is 197 Å².